The second-order valence-corrected chi connectivity index (χ2v) is 6.38. The van der Waals surface area contributed by atoms with Crippen LogP contribution in [0.25, 0.3) is 0 Å². The molecule has 0 aliphatic carbocycles. The predicted octanol–water partition coefficient (Wildman–Crippen LogP) is 2.79. The van der Waals surface area contributed by atoms with E-state index < -0.39 is 0 Å². The van der Waals surface area contributed by atoms with Crippen LogP contribution in [0.15, 0.2) is 34.9 Å². The molecular weight excluding hydrogens is 328 g/mol. The molecule has 1 aromatic carbocycles. The van der Waals surface area contributed by atoms with E-state index in [0.717, 1.165) is 42.6 Å². The fourth-order valence-corrected chi connectivity index (χ4v) is 3.13. The lowest BCUT2D eigenvalue weighted by atomic mass is 10.2. The highest BCUT2D eigenvalue weighted by Crippen LogP contribution is 2.26. The van der Waals surface area contributed by atoms with Crippen LogP contribution in [0.5, 0.6) is 0 Å². The number of aryl methyl sites for hydroxylation is 1. The van der Waals surface area contributed by atoms with Gasteiger partial charge in [0.15, 0.2) is 0 Å². The highest BCUT2D eigenvalue weighted by atomic mass is 35.5. The van der Waals surface area contributed by atoms with Gasteiger partial charge >= 0.3 is 0 Å². The third-order valence-corrected chi connectivity index (χ3v) is 4.63. The van der Waals surface area contributed by atoms with Crippen LogP contribution in [0.4, 0.5) is 11.6 Å². The first-order chi connectivity index (χ1) is 11.5. The standard InChI is InChI=1S/C17H21ClN4O2/c1-12-11-16(24-20-12)19-17(23)13(2)21-7-9-22(10-8-21)15-6-4-3-5-14(15)18/h3-6,11,13H,7-10H2,1-2H3,(H,19,23). The minimum Gasteiger partial charge on any atom is -0.368 e. The number of hydrogen-bond acceptors (Lipinski definition) is 5. The number of aromatic nitrogens is 1. The predicted molar refractivity (Wildman–Crippen MR) is 94.6 cm³/mol. The van der Waals surface area contributed by atoms with Gasteiger partial charge < -0.3 is 9.42 Å². The first-order valence-corrected chi connectivity index (χ1v) is 8.40. The van der Waals surface area contributed by atoms with Crippen molar-refractivity contribution < 1.29 is 9.32 Å². The highest BCUT2D eigenvalue weighted by molar-refractivity contribution is 6.33. The Hall–Kier alpha value is -2.05. The van der Waals surface area contributed by atoms with Crippen molar-refractivity contribution in [2.75, 3.05) is 36.4 Å². The highest BCUT2D eigenvalue weighted by Gasteiger charge is 2.26. The molecule has 1 N–H and O–H groups in total. The minimum absolute atomic E-state index is 0.0858. The van der Waals surface area contributed by atoms with E-state index in [0.29, 0.717) is 5.88 Å². The molecule has 1 aliphatic rings. The zero-order chi connectivity index (χ0) is 17.1. The van der Waals surface area contributed by atoms with Crippen molar-refractivity contribution in [3.8, 4) is 0 Å². The molecule has 1 unspecified atom stereocenters. The van der Waals surface area contributed by atoms with Gasteiger partial charge in [0.25, 0.3) is 0 Å². The molecule has 7 heteroatoms. The summed E-state index contributed by atoms with van der Waals surface area (Å²) in [5, 5.41) is 7.30. The van der Waals surface area contributed by atoms with E-state index in [1.54, 1.807) is 6.07 Å². The van der Waals surface area contributed by atoms with E-state index in [1.807, 2.05) is 38.1 Å². The van der Waals surface area contributed by atoms with Crippen molar-refractivity contribution in [2.45, 2.75) is 19.9 Å². The molecular formula is C17H21ClN4O2. The molecule has 1 saturated heterocycles. The van der Waals surface area contributed by atoms with E-state index >= 15 is 0 Å². The van der Waals surface area contributed by atoms with Gasteiger partial charge in [-0.05, 0) is 26.0 Å². The van der Waals surface area contributed by atoms with Crippen molar-refractivity contribution in [1.82, 2.24) is 10.1 Å². The number of hydrogen-bond donors (Lipinski definition) is 1. The largest absolute Gasteiger partial charge is 0.368 e. The molecule has 0 bridgehead atoms. The average molecular weight is 349 g/mol. The van der Waals surface area contributed by atoms with Crippen LogP contribution >= 0.6 is 11.6 Å². The molecule has 1 aliphatic heterocycles. The number of rotatable bonds is 4. The second-order valence-electron chi connectivity index (χ2n) is 5.97. The number of para-hydroxylation sites is 1. The van der Waals surface area contributed by atoms with Gasteiger partial charge in [-0.1, -0.05) is 28.9 Å². The van der Waals surface area contributed by atoms with E-state index in [-0.39, 0.29) is 11.9 Å². The summed E-state index contributed by atoms with van der Waals surface area (Å²) < 4.78 is 5.04. The molecule has 1 amide bonds. The lowest BCUT2D eigenvalue weighted by molar-refractivity contribution is -0.121. The number of nitrogens with one attached hydrogen (secondary N) is 1. The van der Waals surface area contributed by atoms with Crippen LogP contribution in [0.2, 0.25) is 5.02 Å². The quantitative estimate of drug-likeness (QED) is 0.920. The molecule has 128 valence electrons. The molecule has 2 aromatic rings. The second kappa shape index (κ2) is 7.23. The van der Waals surface area contributed by atoms with Gasteiger partial charge in [-0.3, -0.25) is 15.0 Å². The average Bonchev–Trinajstić information content (AvgIpc) is 2.99. The van der Waals surface area contributed by atoms with Crippen LogP contribution in [-0.4, -0.2) is 48.2 Å². The summed E-state index contributed by atoms with van der Waals surface area (Å²) in [6.07, 6.45) is 0. The Kier molecular flexibility index (Phi) is 5.06. The Morgan fingerprint density at radius 1 is 1.29 bits per heavy atom. The Morgan fingerprint density at radius 2 is 2.00 bits per heavy atom. The van der Waals surface area contributed by atoms with Gasteiger partial charge in [0.1, 0.15) is 0 Å². The monoisotopic (exact) mass is 348 g/mol. The number of nitrogens with zero attached hydrogens (tertiary/aromatic N) is 3. The van der Waals surface area contributed by atoms with Crippen LogP contribution in [0.3, 0.4) is 0 Å². The minimum atomic E-state index is -0.233. The van der Waals surface area contributed by atoms with Gasteiger partial charge in [-0.15, -0.1) is 0 Å². The maximum Gasteiger partial charge on any atom is 0.243 e. The van der Waals surface area contributed by atoms with E-state index in [2.05, 4.69) is 20.3 Å². The number of piperazine rings is 1. The topological polar surface area (TPSA) is 61.6 Å². The Labute approximate surface area is 146 Å². The van der Waals surface area contributed by atoms with Crippen LogP contribution in [0, 0.1) is 6.92 Å². The van der Waals surface area contributed by atoms with Crippen LogP contribution in [-0.2, 0) is 4.79 Å². The zero-order valence-corrected chi connectivity index (χ0v) is 14.6. The molecule has 0 radical (unpaired) electrons. The van der Waals surface area contributed by atoms with Gasteiger partial charge in [-0.25, -0.2) is 0 Å². The van der Waals surface area contributed by atoms with Crippen LogP contribution in [0.1, 0.15) is 12.6 Å². The number of carbonyl (C=O) groups is 1. The summed E-state index contributed by atoms with van der Waals surface area (Å²) >= 11 is 6.26. The Balaban J connectivity index is 1.56. The van der Waals surface area contributed by atoms with Gasteiger partial charge in [0, 0.05) is 32.2 Å². The summed E-state index contributed by atoms with van der Waals surface area (Å²) in [5.74, 6) is 0.302. The van der Waals surface area contributed by atoms with Crippen molar-refractivity contribution in [3.05, 3.63) is 41.0 Å². The molecule has 0 spiro atoms. The number of amides is 1. The maximum atomic E-state index is 12.4. The Bertz CT molecular complexity index is 710. The third-order valence-electron chi connectivity index (χ3n) is 4.31. The Morgan fingerprint density at radius 3 is 2.62 bits per heavy atom. The van der Waals surface area contributed by atoms with Gasteiger partial charge in [0.05, 0.1) is 22.4 Å². The fraction of sp³-hybridized carbons (Fsp3) is 0.412. The van der Waals surface area contributed by atoms with Crippen molar-refractivity contribution in [1.29, 1.82) is 0 Å². The normalized spacial score (nSPS) is 16.9. The smallest absolute Gasteiger partial charge is 0.243 e. The van der Waals surface area contributed by atoms with Gasteiger partial charge in [0.2, 0.25) is 11.8 Å². The lowest BCUT2D eigenvalue weighted by Gasteiger charge is -2.38. The molecule has 1 aromatic heterocycles. The number of anilines is 2. The molecule has 6 nitrogen and oxygen atoms in total. The van der Waals surface area contributed by atoms with E-state index in [9.17, 15) is 4.79 Å². The molecule has 0 saturated carbocycles. The summed E-state index contributed by atoms with van der Waals surface area (Å²) in [6.45, 7) is 7.00. The molecule has 1 atom stereocenters. The summed E-state index contributed by atoms with van der Waals surface area (Å²) in [6, 6.07) is 9.32. The number of benzene rings is 1. The third kappa shape index (κ3) is 3.71. The molecule has 3 rings (SSSR count). The summed E-state index contributed by atoms with van der Waals surface area (Å²) in [7, 11) is 0. The van der Waals surface area contributed by atoms with E-state index in [4.69, 9.17) is 16.1 Å². The first-order valence-electron chi connectivity index (χ1n) is 8.02. The first kappa shape index (κ1) is 16.8. The van der Waals surface area contributed by atoms with Gasteiger partial charge in [-0.2, -0.15) is 0 Å². The molecule has 1 fully saturated rings. The molecule has 24 heavy (non-hydrogen) atoms. The van der Waals surface area contributed by atoms with E-state index in [1.165, 1.54) is 0 Å². The molecule has 2 heterocycles. The summed E-state index contributed by atoms with van der Waals surface area (Å²) in [5.41, 5.74) is 1.79. The lowest BCUT2D eigenvalue weighted by Crippen LogP contribution is -2.52. The fourth-order valence-electron chi connectivity index (χ4n) is 2.87. The van der Waals surface area contributed by atoms with Crippen molar-refractivity contribution >= 4 is 29.1 Å². The van der Waals surface area contributed by atoms with Crippen molar-refractivity contribution in [3.63, 3.8) is 0 Å². The van der Waals surface area contributed by atoms with Crippen LogP contribution < -0.4 is 10.2 Å². The number of halogens is 1. The summed E-state index contributed by atoms with van der Waals surface area (Å²) in [4.78, 5) is 16.8. The number of carbonyl (C=O) groups excluding carboxylic acids is 1. The SMILES string of the molecule is Cc1cc(NC(=O)C(C)N2CCN(c3ccccc3Cl)CC2)on1. The maximum absolute atomic E-state index is 12.4. The van der Waals surface area contributed by atoms with Crippen molar-refractivity contribution in [2.24, 2.45) is 0 Å². The zero-order valence-electron chi connectivity index (χ0n) is 13.8.